The van der Waals surface area contributed by atoms with Gasteiger partial charge in [0.1, 0.15) is 0 Å². The van der Waals surface area contributed by atoms with E-state index >= 15 is 0 Å². The van der Waals surface area contributed by atoms with E-state index in [0.717, 1.165) is 13.8 Å². The zero-order valence-electron chi connectivity index (χ0n) is 16.4. The Hall–Kier alpha value is 1.35. The van der Waals surface area contributed by atoms with E-state index in [1.54, 1.807) is 0 Å². The Balaban J connectivity index is 2.11. The van der Waals surface area contributed by atoms with Gasteiger partial charge in [0.05, 0.1) is 0 Å². The summed E-state index contributed by atoms with van der Waals surface area (Å²) in [4.78, 5) is 0. The van der Waals surface area contributed by atoms with Gasteiger partial charge in [0, 0.05) is 0 Å². The Bertz CT molecular complexity index is 374. The fourth-order valence-corrected chi connectivity index (χ4v) is 6.55. The van der Waals surface area contributed by atoms with Crippen molar-refractivity contribution >= 4 is 0 Å². The molecule has 2 aliphatic heterocycles. The van der Waals surface area contributed by atoms with Crippen LogP contribution in [0.5, 0.6) is 0 Å². The zero-order valence-corrected chi connectivity index (χ0v) is 24.6. The monoisotopic (exact) mass is 538 g/mol. The van der Waals surface area contributed by atoms with E-state index in [4.69, 9.17) is 14.2 Å². The Morgan fingerprint density at radius 3 is 1.96 bits per heavy atom. The van der Waals surface area contributed by atoms with Crippen LogP contribution in [0.4, 0.5) is 0 Å². The molecule has 2 aliphatic rings. The van der Waals surface area contributed by atoms with Crippen molar-refractivity contribution in [3.63, 3.8) is 0 Å². The molecule has 0 aromatic heterocycles. The van der Waals surface area contributed by atoms with E-state index in [9.17, 15) is 0 Å². The van der Waals surface area contributed by atoms with Crippen LogP contribution in [0.25, 0.3) is 0 Å². The van der Waals surface area contributed by atoms with Crippen LogP contribution in [-0.2, 0) is 14.2 Å². The van der Waals surface area contributed by atoms with Gasteiger partial charge < -0.3 is 0 Å². The van der Waals surface area contributed by atoms with Crippen molar-refractivity contribution in [1.82, 2.24) is 0 Å². The molecule has 0 bridgehead atoms. The minimum atomic E-state index is -0.0746. The van der Waals surface area contributed by atoms with Crippen LogP contribution in [0.15, 0.2) is 0 Å². The van der Waals surface area contributed by atoms with Crippen molar-refractivity contribution in [2.75, 3.05) is 0 Å². The van der Waals surface area contributed by atoms with Crippen LogP contribution in [-0.4, -0.2) is 30.7 Å². The standard InChI is InChI=1S/C19H35O3.Ra.H/c1-8-16-14(6)13(5)15(7)19(21-16)22-18-11(3)10-12(4)20-17(18)9-2;;/h10-19H,8-9H2,1-7H3;;/t11-,12?,13?,14+,15+,16?,17?,18+,19+;;/m1../s1. The summed E-state index contributed by atoms with van der Waals surface area (Å²) in [6.07, 6.45) is 3.16. The number of ether oxygens (including phenoxy) is 3. The van der Waals surface area contributed by atoms with Crippen molar-refractivity contribution in [3.8, 4) is 0 Å². The number of hydrogen-bond acceptors (Lipinski definition) is 3. The average molecular weight is 538 g/mol. The predicted molar refractivity (Wildman–Crippen MR) is 90.3 cm³/mol. The molecule has 10 atom stereocenters. The SMILES string of the molecule is CCC1O[C@@H](O[C@@H]2C(CC)OC(C)[CH]([RaH])[C@H]2C)[C@@H](C)C(C)[C@@H]1C. The predicted octanol–water partition coefficient (Wildman–Crippen LogP) is 4.32. The summed E-state index contributed by atoms with van der Waals surface area (Å²) in [5.41, 5.74) is 0. The third-order valence-electron chi connectivity index (χ3n) is 6.92. The first-order valence-electron chi connectivity index (χ1n) is 9.78. The Labute approximate surface area is 172 Å². The van der Waals surface area contributed by atoms with Gasteiger partial charge in [-0.3, -0.25) is 0 Å². The number of hydrogen-bond donors (Lipinski definition) is 0. The molecule has 0 saturated carbocycles. The molecule has 2 saturated heterocycles. The van der Waals surface area contributed by atoms with Crippen LogP contribution in [0.1, 0.15) is 61.3 Å². The second kappa shape index (κ2) is 8.83. The molecule has 0 aliphatic carbocycles. The van der Waals surface area contributed by atoms with E-state index in [1.807, 2.05) is 0 Å². The molecule has 23 heavy (non-hydrogen) atoms. The molecule has 2 fully saturated rings. The Morgan fingerprint density at radius 2 is 1.39 bits per heavy atom. The van der Waals surface area contributed by atoms with Crippen molar-refractivity contribution in [2.24, 2.45) is 23.7 Å². The summed E-state index contributed by atoms with van der Waals surface area (Å²) in [5, 5.41) is 0. The van der Waals surface area contributed by atoms with E-state index < -0.39 is 0 Å². The van der Waals surface area contributed by atoms with E-state index in [1.165, 1.54) is 0 Å². The molecule has 0 amide bonds. The van der Waals surface area contributed by atoms with Gasteiger partial charge in [-0.2, -0.15) is 0 Å². The van der Waals surface area contributed by atoms with Crippen LogP contribution >= 0.6 is 0 Å². The van der Waals surface area contributed by atoms with Gasteiger partial charge in [-0.25, -0.2) is 0 Å². The van der Waals surface area contributed by atoms with E-state index in [-0.39, 0.29) is 18.5 Å². The first kappa shape index (κ1) is 20.7. The molecule has 3 nitrogen and oxygen atoms in total. The fourth-order valence-electron chi connectivity index (χ4n) is 4.35. The summed E-state index contributed by atoms with van der Waals surface area (Å²) < 4.78 is 20.0. The third-order valence-corrected chi connectivity index (χ3v) is 15.1. The van der Waals surface area contributed by atoms with Crippen LogP contribution in [0, 0.1) is 66.5 Å². The first-order valence-corrected chi connectivity index (χ1v) is 14.5. The van der Waals surface area contributed by atoms with Crippen molar-refractivity contribution in [3.05, 3.63) is 0 Å². The molecule has 2 heterocycles. The normalized spacial score (nSPS) is 51.6. The molecule has 132 valence electrons. The molecule has 2 rings (SSSR count). The Kier molecular flexibility index (Phi) is 7.93. The van der Waals surface area contributed by atoms with E-state index in [0.29, 0.717) is 78.7 Å². The van der Waals surface area contributed by atoms with Gasteiger partial charge in [-0.1, -0.05) is 0 Å². The average Bonchev–Trinajstić information content (AvgIpc) is 2.55. The molecule has 0 radical (unpaired) electrons. The van der Waals surface area contributed by atoms with Crippen molar-refractivity contribution < 1.29 is 57.0 Å². The first-order chi connectivity index (χ1) is 10.8. The summed E-state index contributed by atoms with van der Waals surface area (Å²) in [5.74, 6) is 2.28. The molecule has 5 unspecified atom stereocenters. The second-order valence-electron chi connectivity index (χ2n) is 8.14. The molecule has 4 heteroatoms. The zero-order chi connectivity index (χ0) is 17.3. The van der Waals surface area contributed by atoms with E-state index in [2.05, 4.69) is 48.5 Å². The summed E-state index contributed by atoms with van der Waals surface area (Å²) >= 11 is 0.422. The van der Waals surface area contributed by atoms with Crippen LogP contribution in [0.2, 0.25) is 0.959 Å². The third kappa shape index (κ3) is 4.37. The molecule has 0 N–H and O–H groups in total. The summed E-state index contributed by atoms with van der Waals surface area (Å²) in [7, 11) is 0. The van der Waals surface area contributed by atoms with Gasteiger partial charge in [0.15, 0.2) is 0 Å². The van der Waals surface area contributed by atoms with Gasteiger partial charge in [0.25, 0.3) is 0 Å². The van der Waals surface area contributed by atoms with Gasteiger partial charge in [-0.05, 0) is 0 Å². The molecule has 0 spiro atoms. The topological polar surface area (TPSA) is 27.7 Å². The maximum atomic E-state index is 6.62. The van der Waals surface area contributed by atoms with Gasteiger partial charge in [-0.15, -0.1) is 0 Å². The molecule has 0 aromatic carbocycles. The summed E-state index contributed by atoms with van der Waals surface area (Å²) in [6, 6.07) is 0. The minimum absolute atomic E-state index is 0.0746. The van der Waals surface area contributed by atoms with Crippen molar-refractivity contribution in [1.29, 1.82) is 0 Å². The van der Waals surface area contributed by atoms with Gasteiger partial charge >= 0.3 is 174 Å². The van der Waals surface area contributed by atoms with Gasteiger partial charge in [0.2, 0.25) is 0 Å². The second-order valence-corrected chi connectivity index (χ2v) is 13.6. The fraction of sp³-hybridized carbons (Fsp3) is 1.00. The molecular formula is C19H36O3Ra. The molecule has 0 aromatic rings. The van der Waals surface area contributed by atoms with Crippen molar-refractivity contribution in [2.45, 2.75) is 93.0 Å². The summed E-state index contributed by atoms with van der Waals surface area (Å²) in [6.45, 7) is 16.0. The Morgan fingerprint density at radius 1 is 0.783 bits per heavy atom. The number of rotatable bonds is 4. The quantitative estimate of drug-likeness (QED) is 0.534. The van der Waals surface area contributed by atoms with Crippen LogP contribution in [0.3, 0.4) is 0 Å². The van der Waals surface area contributed by atoms with Crippen LogP contribution < -0.4 is 0 Å². The maximum absolute atomic E-state index is 6.62. The molecular weight excluding hydrogens is 502 g/mol.